The standard InChI is InChI=1S/C22H26N4O5S/c1-30-20-7-5-16(11-21(20)31-2)13-24-22(27)18-10-15(12-23)4-6-19(18)25-17-8-9-26(14-17)32(3,28)29/h4-7,10-11,17,25H,8-9,13-14H2,1-3H3,(H,24,27). The molecule has 2 aromatic carbocycles. The molecular formula is C22H26N4O5S. The maximum absolute atomic E-state index is 13.0. The topological polar surface area (TPSA) is 121 Å². The molecule has 0 spiro atoms. The molecule has 1 saturated heterocycles. The molecule has 9 nitrogen and oxygen atoms in total. The number of carbonyl (C=O) groups excluding carboxylic acids is 1. The lowest BCUT2D eigenvalue weighted by Gasteiger charge is -2.18. The number of nitrogens with one attached hydrogen (secondary N) is 2. The molecule has 32 heavy (non-hydrogen) atoms. The molecule has 1 amide bonds. The number of sulfonamides is 1. The largest absolute Gasteiger partial charge is 0.493 e. The van der Waals surface area contributed by atoms with Crippen LogP contribution in [-0.2, 0) is 16.6 Å². The summed E-state index contributed by atoms with van der Waals surface area (Å²) in [5.74, 6) is 0.803. The fourth-order valence-electron chi connectivity index (χ4n) is 3.56. The van der Waals surface area contributed by atoms with E-state index in [1.165, 1.54) is 16.6 Å². The van der Waals surface area contributed by atoms with Crippen LogP contribution in [0.25, 0.3) is 0 Å². The van der Waals surface area contributed by atoms with Crippen molar-refractivity contribution in [1.29, 1.82) is 5.26 Å². The molecule has 0 radical (unpaired) electrons. The van der Waals surface area contributed by atoms with Crippen molar-refractivity contribution in [3.63, 3.8) is 0 Å². The molecule has 0 aliphatic carbocycles. The van der Waals surface area contributed by atoms with Crippen molar-refractivity contribution in [1.82, 2.24) is 9.62 Å². The van der Waals surface area contributed by atoms with Crippen LogP contribution in [0, 0.1) is 11.3 Å². The van der Waals surface area contributed by atoms with E-state index in [-0.39, 0.29) is 18.5 Å². The number of ether oxygens (including phenoxy) is 2. The van der Waals surface area contributed by atoms with Gasteiger partial charge in [-0.3, -0.25) is 4.79 Å². The Labute approximate surface area is 188 Å². The number of anilines is 1. The molecule has 1 fully saturated rings. The van der Waals surface area contributed by atoms with Crippen LogP contribution in [0.2, 0.25) is 0 Å². The fourth-order valence-corrected chi connectivity index (χ4v) is 4.45. The Hall–Kier alpha value is -3.29. The van der Waals surface area contributed by atoms with Gasteiger partial charge in [-0.15, -0.1) is 0 Å². The first-order valence-electron chi connectivity index (χ1n) is 10.00. The van der Waals surface area contributed by atoms with Crippen molar-refractivity contribution in [2.75, 3.05) is 38.9 Å². The first-order valence-corrected chi connectivity index (χ1v) is 11.8. The highest BCUT2D eigenvalue weighted by molar-refractivity contribution is 7.88. The second-order valence-corrected chi connectivity index (χ2v) is 9.48. The maximum atomic E-state index is 13.0. The molecule has 1 aliphatic rings. The zero-order valence-corrected chi connectivity index (χ0v) is 19.0. The number of hydrogen-bond donors (Lipinski definition) is 2. The highest BCUT2D eigenvalue weighted by atomic mass is 32.2. The average molecular weight is 459 g/mol. The van der Waals surface area contributed by atoms with Crippen molar-refractivity contribution < 1.29 is 22.7 Å². The molecule has 1 aliphatic heterocycles. The van der Waals surface area contributed by atoms with Gasteiger partial charge in [0.15, 0.2) is 11.5 Å². The second kappa shape index (κ2) is 9.89. The SMILES string of the molecule is COc1ccc(CNC(=O)c2cc(C#N)ccc2NC2CCN(S(C)(=O)=O)C2)cc1OC. The molecule has 3 rings (SSSR count). The highest BCUT2D eigenvalue weighted by Crippen LogP contribution is 2.28. The zero-order chi connectivity index (χ0) is 23.3. The number of rotatable bonds is 8. The number of benzene rings is 2. The van der Waals surface area contributed by atoms with Crippen LogP contribution >= 0.6 is 0 Å². The summed E-state index contributed by atoms with van der Waals surface area (Å²) in [6.07, 6.45) is 1.81. The van der Waals surface area contributed by atoms with E-state index in [0.717, 1.165) is 5.56 Å². The minimum absolute atomic E-state index is 0.130. The minimum atomic E-state index is -3.26. The van der Waals surface area contributed by atoms with Crippen LogP contribution in [0.5, 0.6) is 11.5 Å². The van der Waals surface area contributed by atoms with Crippen LogP contribution in [0.3, 0.4) is 0 Å². The summed E-state index contributed by atoms with van der Waals surface area (Å²) in [6.45, 7) is 1.000. The van der Waals surface area contributed by atoms with Crippen molar-refractivity contribution in [3.05, 3.63) is 53.1 Å². The third-order valence-electron chi connectivity index (χ3n) is 5.27. The number of carbonyl (C=O) groups is 1. The first-order chi connectivity index (χ1) is 15.2. The third-order valence-corrected chi connectivity index (χ3v) is 6.54. The zero-order valence-electron chi connectivity index (χ0n) is 18.2. The fraction of sp³-hybridized carbons (Fsp3) is 0.364. The molecule has 0 aromatic heterocycles. The van der Waals surface area contributed by atoms with Gasteiger partial charge >= 0.3 is 0 Å². The molecule has 1 unspecified atom stereocenters. The smallest absolute Gasteiger partial charge is 0.253 e. The van der Waals surface area contributed by atoms with E-state index >= 15 is 0 Å². The summed E-state index contributed by atoms with van der Waals surface area (Å²) in [5.41, 5.74) is 2.05. The van der Waals surface area contributed by atoms with Gasteiger partial charge in [0, 0.05) is 31.4 Å². The van der Waals surface area contributed by atoms with Gasteiger partial charge < -0.3 is 20.1 Å². The normalized spacial score (nSPS) is 16.2. The third kappa shape index (κ3) is 5.49. The van der Waals surface area contributed by atoms with Gasteiger partial charge in [-0.2, -0.15) is 5.26 Å². The molecule has 0 bridgehead atoms. The molecule has 1 heterocycles. The van der Waals surface area contributed by atoms with Gasteiger partial charge in [0.25, 0.3) is 5.91 Å². The molecule has 2 N–H and O–H groups in total. The van der Waals surface area contributed by atoms with Crippen molar-refractivity contribution in [3.8, 4) is 17.6 Å². The van der Waals surface area contributed by atoms with Gasteiger partial charge in [-0.1, -0.05) is 6.07 Å². The Morgan fingerprint density at radius 1 is 1.19 bits per heavy atom. The number of methoxy groups -OCH3 is 2. The number of amides is 1. The van der Waals surface area contributed by atoms with Crippen molar-refractivity contribution in [2.45, 2.75) is 19.0 Å². The Morgan fingerprint density at radius 3 is 2.56 bits per heavy atom. The lowest BCUT2D eigenvalue weighted by atomic mass is 10.1. The lowest BCUT2D eigenvalue weighted by molar-refractivity contribution is 0.0951. The summed E-state index contributed by atoms with van der Waals surface area (Å²) in [4.78, 5) is 13.0. The van der Waals surface area contributed by atoms with E-state index in [1.54, 1.807) is 38.5 Å². The van der Waals surface area contributed by atoms with E-state index in [1.807, 2.05) is 12.1 Å². The van der Waals surface area contributed by atoms with Crippen LogP contribution in [-0.4, -0.2) is 58.2 Å². The summed E-state index contributed by atoms with van der Waals surface area (Å²) >= 11 is 0. The first kappa shape index (κ1) is 23.4. The maximum Gasteiger partial charge on any atom is 0.253 e. The lowest BCUT2D eigenvalue weighted by Crippen LogP contribution is -2.31. The quantitative estimate of drug-likeness (QED) is 0.620. The van der Waals surface area contributed by atoms with Gasteiger partial charge in [-0.05, 0) is 42.3 Å². The highest BCUT2D eigenvalue weighted by Gasteiger charge is 2.29. The Morgan fingerprint density at radius 2 is 1.94 bits per heavy atom. The summed E-state index contributed by atoms with van der Waals surface area (Å²) in [7, 11) is -0.171. The molecule has 1 atom stereocenters. The van der Waals surface area contributed by atoms with Gasteiger partial charge in [0.05, 0.1) is 37.7 Å². The number of nitrogens with zero attached hydrogens (tertiary/aromatic N) is 2. The van der Waals surface area contributed by atoms with Crippen LogP contribution < -0.4 is 20.1 Å². The van der Waals surface area contributed by atoms with Crippen molar-refractivity contribution in [2.24, 2.45) is 0 Å². The van der Waals surface area contributed by atoms with Gasteiger partial charge in [-0.25, -0.2) is 12.7 Å². The summed E-state index contributed by atoms with van der Waals surface area (Å²) in [6, 6.07) is 12.1. The van der Waals surface area contributed by atoms with Gasteiger partial charge in [0.1, 0.15) is 0 Å². The second-order valence-electron chi connectivity index (χ2n) is 7.50. The Bertz CT molecular complexity index is 1140. The monoisotopic (exact) mass is 458 g/mol. The van der Waals surface area contributed by atoms with E-state index < -0.39 is 10.0 Å². The van der Waals surface area contributed by atoms with E-state index in [2.05, 4.69) is 10.6 Å². The van der Waals surface area contributed by atoms with E-state index in [4.69, 9.17) is 9.47 Å². The molecular weight excluding hydrogens is 432 g/mol. The molecule has 170 valence electrons. The van der Waals surface area contributed by atoms with E-state index in [9.17, 15) is 18.5 Å². The number of nitriles is 1. The van der Waals surface area contributed by atoms with Crippen LogP contribution in [0.15, 0.2) is 36.4 Å². The Balaban J connectivity index is 1.75. The summed E-state index contributed by atoms with van der Waals surface area (Å²) < 4.78 is 35.5. The van der Waals surface area contributed by atoms with Crippen LogP contribution in [0.1, 0.15) is 27.9 Å². The predicted octanol–water partition coefficient (Wildman–Crippen LogP) is 1.95. The Kier molecular flexibility index (Phi) is 7.22. The number of hydrogen-bond acceptors (Lipinski definition) is 7. The molecule has 2 aromatic rings. The average Bonchev–Trinajstić information content (AvgIpc) is 3.26. The van der Waals surface area contributed by atoms with E-state index in [0.29, 0.717) is 47.8 Å². The minimum Gasteiger partial charge on any atom is -0.493 e. The predicted molar refractivity (Wildman–Crippen MR) is 120 cm³/mol. The van der Waals surface area contributed by atoms with Gasteiger partial charge in [0.2, 0.25) is 10.0 Å². The van der Waals surface area contributed by atoms with Crippen LogP contribution in [0.4, 0.5) is 5.69 Å². The molecule has 0 saturated carbocycles. The van der Waals surface area contributed by atoms with Crippen molar-refractivity contribution >= 4 is 21.6 Å². The molecule has 10 heteroatoms. The summed E-state index contributed by atoms with van der Waals surface area (Å²) in [5, 5.41) is 15.4.